The van der Waals surface area contributed by atoms with Gasteiger partial charge in [-0.05, 0) is 68.6 Å². The minimum Gasteiger partial charge on any atom is -0.483 e. The van der Waals surface area contributed by atoms with E-state index in [4.69, 9.17) is 9.90 Å². The van der Waals surface area contributed by atoms with Crippen LogP contribution in [0.15, 0.2) is 23.8 Å². The fourth-order valence-electron chi connectivity index (χ4n) is 4.31. The molecule has 2 saturated heterocycles. The Labute approximate surface area is 153 Å². The molecular formula is C19H27N3O2S. The summed E-state index contributed by atoms with van der Waals surface area (Å²) in [7, 11) is 0. The molecule has 25 heavy (non-hydrogen) atoms. The second kappa shape index (κ2) is 8.63. The Morgan fingerprint density at radius 3 is 2.88 bits per heavy atom. The van der Waals surface area contributed by atoms with Crippen molar-refractivity contribution in [2.75, 3.05) is 13.1 Å². The van der Waals surface area contributed by atoms with E-state index in [-0.39, 0.29) is 6.47 Å². The summed E-state index contributed by atoms with van der Waals surface area (Å²) in [6.45, 7) is 5.71. The molecule has 2 fully saturated rings. The summed E-state index contributed by atoms with van der Waals surface area (Å²) >= 11 is 1.81. The van der Waals surface area contributed by atoms with E-state index in [9.17, 15) is 0 Å². The van der Waals surface area contributed by atoms with Gasteiger partial charge in [0.1, 0.15) is 5.82 Å². The molecule has 6 heteroatoms. The third-order valence-electron chi connectivity index (χ3n) is 5.44. The minimum absolute atomic E-state index is 0.250. The van der Waals surface area contributed by atoms with E-state index < -0.39 is 0 Å². The zero-order valence-electron chi connectivity index (χ0n) is 14.8. The van der Waals surface area contributed by atoms with E-state index in [1.807, 2.05) is 17.5 Å². The maximum absolute atomic E-state index is 8.36. The molecule has 0 spiro atoms. The van der Waals surface area contributed by atoms with Crippen molar-refractivity contribution in [2.24, 2.45) is 5.92 Å². The van der Waals surface area contributed by atoms with E-state index in [0.29, 0.717) is 0 Å². The summed E-state index contributed by atoms with van der Waals surface area (Å²) in [5.41, 5.74) is 1.35. The lowest BCUT2D eigenvalue weighted by atomic mass is 9.83. The van der Waals surface area contributed by atoms with Crippen molar-refractivity contribution in [1.82, 2.24) is 14.5 Å². The molecule has 2 aromatic heterocycles. The quantitative estimate of drug-likeness (QED) is 0.843. The molecule has 2 aromatic rings. The van der Waals surface area contributed by atoms with Gasteiger partial charge in [0.2, 0.25) is 0 Å². The molecule has 2 aliphatic rings. The topological polar surface area (TPSA) is 58.4 Å². The second-order valence-electron chi connectivity index (χ2n) is 6.94. The van der Waals surface area contributed by atoms with Gasteiger partial charge in [-0.1, -0.05) is 6.42 Å². The van der Waals surface area contributed by atoms with Crippen molar-refractivity contribution < 1.29 is 9.90 Å². The molecule has 0 aromatic carbocycles. The van der Waals surface area contributed by atoms with E-state index in [2.05, 4.69) is 39.0 Å². The van der Waals surface area contributed by atoms with E-state index in [1.54, 1.807) is 0 Å². The number of nitrogens with zero attached hydrogens (tertiary/aromatic N) is 3. The Hall–Kier alpha value is -1.66. The number of thiophene rings is 1. The van der Waals surface area contributed by atoms with Crippen LogP contribution < -0.4 is 0 Å². The van der Waals surface area contributed by atoms with Gasteiger partial charge >= 0.3 is 0 Å². The molecule has 2 aliphatic heterocycles. The first kappa shape index (κ1) is 18.1. The normalized spacial score (nSPS) is 23.4. The van der Waals surface area contributed by atoms with Crippen LogP contribution in [0.25, 0.3) is 10.7 Å². The van der Waals surface area contributed by atoms with Gasteiger partial charge in [-0.15, -0.1) is 11.3 Å². The number of aromatic nitrogens is 2. The van der Waals surface area contributed by atoms with Gasteiger partial charge in [0.05, 0.1) is 4.88 Å². The highest BCUT2D eigenvalue weighted by Gasteiger charge is 2.33. The number of rotatable bonds is 3. The Balaban J connectivity index is 0.000000569. The molecule has 4 rings (SSSR count). The number of imidazole rings is 1. The molecule has 1 N–H and O–H groups in total. The van der Waals surface area contributed by atoms with Gasteiger partial charge in [-0.2, -0.15) is 0 Å². The van der Waals surface area contributed by atoms with Gasteiger partial charge < -0.3 is 14.6 Å². The zero-order chi connectivity index (χ0) is 17.6. The Kier molecular flexibility index (Phi) is 6.26. The Morgan fingerprint density at radius 2 is 2.12 bits per heavy atom. The van der Waals surface area contributed by atoms with Crippen LogP contribution >= 0.6 is 11.3 Å². The first-order chi connectivity index (χ1) is 12.2. The molecule has 0 radical (unpaired) electrons. The molecule has 5 nitrogen and oxygen atoms in total. The summed E-state index contributed by atoms with van der Waals surface area (Å²) in [5.74, 6) is 1.96. The summed E-state index contributed by atoms with van der Waals surface area (Å²) in [6.07, 6.45) is 11.1. The predicted octanol–water partition coefficient (Wildman–Crippen LogP) is 3.89. The van der Waals surface area contributed by atoms with Crippen LogP contribution in [0.1, 0.15) is 37.7 Å². The van der Waals surface area contributed by atoms with E-state index in [1.165, 1.54) is 61.5 Å². The second-order valence-corrected chi connectivity index (χ2v) is 7.86. The number of fused-ring (bicyclic) bond motifs is 1. The van der Waals surface area contributed by atoms with Crippen LogP contribution in [0.5, 0.6) is 0 Å². The van der Waals surface area contributed by atoms with Gasteiger partial charge in [0, 0.05) is 25.0 Å². The van der Waals surface area contributed by atoms with Gasteiger partial charge in [0.15, 0.2) is 0 Å². The molecule has 0 aliphatic carbocycles. The lowest BCUT2D eigenvalue weighted by Crippen LogP contribution is -2.49. The average Bonchev–Trinajstić information content (AvgIpc) is 3.24. The lowest BCUT2D eigenvalue weighted by molar-refractivity contribution is -0.122. The largest absolute Gasteiger partial charge is 0.483 e. The van der Waals surface area contributed by atoms with Gasteiger partial charge in [-0.3, -0.25) is 4.79 Å². The maximum Gasteiger partial charge on any atom is 0.290 e. The number of carboxylic acid groups (broad SMARTS) is 1. The fraction of sp³-hybridized carbons (Fsp3) is 0.579. The van der Waals surface area contributed by atoms with Crippen molar-refractivity contribution in [3.8, 4) is 10.7 Å². The van der Waals surface area contributed by atoms with E-state index in [0.717, 1.165) is 18.5 Å². The molecule has 0 bridgehead atoms. The third kappa shape index (κ3) is 4.12. The number of hydrogen-bond donors (Lipinski definition) is 1. The van der Waals surface area contributed by atoms with Crippen LogP contribution in [0.3, 0.4) is 0 Å². The van der Waals surface area contributed by atoms with Crippen molar-refractivity contribution in [3.63, 3.8) is 0 Å². The SMILES string of the molecule is Cc1ccsc1-c1nccn1C[C@@H]1CCCN2CCCC[C@H]12.O=CO. The standard InChI is InChI=1S/C18H25N3S.CH2O2/c1-14-7-12-22-17(14)18-19-8-11-21(18)13-15-5-4-10-20-9-3-2-6-16(15)20;2-1-3/h7-8,11-12,15-16H,2-6,9-10,13H2,1H3;1H,(H,2,3)/t15-,16+;/m0./s1. The van der Waals surface area contributed by atoms with E-state index >= 15 is 0 Å². The van der Waals surface area contributed by atoms with Crippen LogP contribution in [0.2, 0.25) is 0 Å². The first-order valence-corrected chi connectivity index (χ1v) is 10.00. The van der Waals surface area contributed by atoms with Gasteiger partial charge in [-0.25, -0.2) is 4.98 Å². The number of hydrogen-bond acceptors (Lipinski definition) is 4. The van der Waals surface area contributed by atoms with Gasteiger partial charge in [0.25, 0.3) is 6.47 Å². The lowest BCUT2D eigenvalue weighted by Gasteiger charge is -2.44. The maximum atomic E-state index is 8.36. The summed E-state index contributed by atoms with van der Waals surface area (Å²) in [5, 5.41) is 9.06. The van der Waals surface area contributed by atoms with Crippen LogP contribution in [-0.4, -0.2) is 45.2 Å². The molecule has 2 atom stereocenters. The minimum atomic E-state index is -0.250. The van der Waals surface area contributed by atoms with Crippen molar-refractivity contribution in [1.29, 1.82) is 0 Å². The van der Waals surface area contributed by atoms with Crippen molar-refractivity contribution in [3.05, 3.63) is 29.4 Å². The highest BCUT2D eigenvalue weighted by atomic mass is 32.1. The van der Waals surface area contributed by atoms with Crippen LogP contribution in [0.4, 0.5) is 0 Å². The monoisotopic (exact) mass is 361 g/mol. The molecule has 0 unspecified atom stereocenters. The number of piperidine rings is 2. The summed E-state index contributed by atoms with van der Waals surface area (Å²) in [4.78, 5) is 17.1. The highest BCUT2D eigenvalue weighted by molar-refractivity contribution is 7.13. The molecule has 0 saturated carbocycles. The highest BCUT2D eigenvalue weighted by Crippen LogP contribution is 2.34. The summed E-state index contributed by atoms with van der Waals surface area (Å²) < 4.78 is 2.40. The first-order valence-electron chi connectivity index (χ1n) is 9.12. The smallest absolute Gasteiger partial charge is 0.290 e. The van der Waals surface area contributed by atoms with Crippen molar-refractivity contribution in [2.45, 2.75) is 51.6 Å². The van der Waals surface area contributed by atoms with Crippen LogP contribution in [0, 0.1) is 12.8 Å². The average molecular weight is 362 g/mol. The number of aryl methyl sites for hydroxylation is 1. The Morgan fingerprint density at radius 1 is 1.32 bits per heavy atom. The molecular weight excluding hydrogens is 334 g/mol. The molecule has 0 amide bonds. The van der Waals surface area contributed by atoms with Crippen molar-refractivity contribution >= 4 is 17.8 Å². The summed E-state index contributed by atoms with van der Waals surface area (Å²) in [6, 6.07) is 3.00. The molecule has 4 heterocycles. The zero-order valence-corrected chi connectivity index (χ0v) is 15.6. The molecule has 136 valence electrons. The number of carbonyl (C=O) groups is 1. The predicted molar refractivity (Wildman–Crippen MR) is 101 cm³/mol. The Bertz CT molecular complexity index is 680. The fourth-order valence-corrected chi connectivity index (χ4v) is 5.25. The third-order valence-corrected chi connectivity index (χ3v) is 6.45. The van der Waals surface area contributed by atoms with Crippen LogP contribution in [-0.2, 0) is 11.3 Å².